The van der Waals surface area contributed by atoms with E-state index >= 15 is 0 Å². The van der Waals surface area contributed by atoms with Gasteiger partial charge in [0.2, 0.25) is 0 Å². The van der Waals surface area contributed by atoms with E-state index in [1.54, 1.807) is 0 Å². The van der Waals surface area contributed by atoms with Crippen LogP contribution in [0.15, 0.2) is 30.5 Å². The Bertz CT molecular complexity index is 533. The Morgan fingerprint density at radius 3 is 2.94 bits per heavy atom. The molecule has 0 spiro atoms. The SMILES string of the molecule is CCN[C@@H](Cc1c[nH]c2ccccc12)C(=O)OC. The molecule has 0 aliphatic rings. The number of aromatic amines is 1. The molecule has 0 aliphatic heterocycles. The molecule has 96 valence electrons. The van der Waals surface area contributed by atoms with Crippen LogP contribution in [0.3, 0.4) is 0 Å². The molecule has 4 nitrogen and oxygen atoms in total. The lowest BCUT2D eigenvalue weighted by molar-refractivity contribution is -0.143. The molecule has 1 aromatic heterocycles. The number of nitrogens with one attached hydrogen (secondary N) is 2. The van der Waals surface area contributed by atoms with Gasteiger partial charge in [-0.2, -0.15) is 0 Å². The Labute approximate surface area is 106 Å². The standard InChI is InChI=1S/C14H18N2O2/c1-3-15-13(14(17)18-2)8-10-9-16-12-7-5-4-6-11(10)12/h4-7,9,13,15-16H,3,8H2,1-2H3/t13-/m0/s1. The number of esters is 1. The number of ether oxygens (including phenoxy) is 1. The minimum Gasteiger partial charge on any atom is -0.468 e. The predicted molar refractivity (Wildman–Crippen MR) is 71.5 cm³/mol. The highest BCUT2D eigenvalue weighted by atomic mass is 16.5. The zero-order valence-electron chi connectivity index (χ0n) is 10.7. The molecule has 0 saturated heterocycles. The molecular formula is C14H18N2O2. The molecule has 0 unspecified atom stereocenters. The second-order valence-corrected chi connectivity index (χ2v) is 4.20. The molecule has 1 heterocycles. The van der Waals surface area contributed by atoms with E-state index in [1.807, 2.05) is 31.3 Å². The normalized spacial score (nSPS) is 12.6. The fourth-order valence-corrected chi connectivity index (χ4v) is 2.15. The number of likely N-dealkylation sites (N-methyl/N-ethyl adjacent to an activating group) is 1. The van der Waals surface area contributed by atoms with Gasteiger partial charge in [-0.1, -0.05) is 25.1 Å². The van der Waals surface area contributed by atoms with Crippen molar-refractivity contribution in [3.63, 3.8) is 0 Å². The monoisotopic (exact) mass is 246 g/mol. The minimum absolute atomic E-state index is 0.220. The summed E-state index contributed by atoms with van der Waals surface area (Å²) >= 11 is 0. The van der Waals surface area contributed by atoms with Crippen LogP contribution in [0, 0.1) is 0 Å². The number of benzene rings is 1. The zero-order valence-corrected chi connectivity index (χ0v) is 10.7. The lowest BCUT2D eigenvalue weighted by Gasteiger charge is -2.14. The highest BCUT2D eigenvalue weighted by Crippen LogP contribution is 2.19. The van der Waals surface area contributed by atoms with E-state index in [1.165, 1.54) is 7.11 Å². The second kappa shape index (κ2) is 5.69. The van der Waals surface area contributed by atoms with E-state index in [9.17, 15) is 4.79 Å². The molecule has 0 fully saturated rings. The Morgan fingerprint density at radius 1 is 1.44 bits per heavy atom. The molecule has 2 rings (SSSR count). The first-order valence-electron chi connectivity index (χ1n) is 6.12. The number of carbonyl (C=O) groups is 1. The van der Waals surface area contributed by atoms with Gasteiger partial charge in [-0.3, -0.25) is 4.79 Å². The highest BCUT2D eigenvalue weighted by Gasteiger charge is 2.19. The summed E-state index contributed by atoms with van der Waals surface area (Å²) in [7, 11) is 1.42. The van der Waals surface area contributed by atoms with Crippen molar-refractivity contribution >= 4 is 16.9 Å². The van der Waals surface area contributed by atoms with Crippen LogP contribution in [0.5, 0.6) is 0 Å². The molecular weight excluding hydrogens is 228 g/mol. The number of carbonyl (C=O) groups excluding carboxylic acids is 1. The van der Waals surface area contributed by atoms with Crippen molar-refractivity contribution in [3.05, 3.63) is 36.0 Å². The van der Waals surface area contributed by atoms with Crippen LogP contribution in [0.4, 0.5) is 0 Å². The van der Waals surface area contributed by atoms with E-state index in [2.05, 4.69) is 16.4 Å². The summed E-state index contributed by atoms with van der Waals surface area (Å²) in [4.78, 5) is 14.9. The fourth-order valence-electron chi connectivity index (χ4n) is 2.15. The van der Waals surface area contributed by atoms with Crippen LogP contribution in [0.1, 0.15) is 12.5 Å². The third-order valence-corrected chi connectivity index (χ3v) is 3.04. The molecule has 1 aromatic carbocycles. The third kappa shape index (κ3) is 2.54. The van der Waals surface area contributed by atoms with Gasteiger partial charge in [0.1, 0.15) is 6.04 Å². The van der Waals surface area contributed by atoms with E-state index in [0.717, 1.165) is 23.0 Å². The van der Waals surface area contributed by atoms with Gasteiger partial charge in [0.25, 0.3) is 0 Å². The lowest BCUT2D eigenvalue weighted by atomic mass is 10.1. The highest BCUT2D eigenvalue weighted by molar-refractivity contribution is 5.84. The predicted octanol–water partition coefficient (Wildman–Crippen LogP) is 1.86. The Morgan fingerprint density at radius 2 is 2.22 bits per heavy atom. The van der Waals surface area contributed by atoms with Gasteiger partial charge in [0.15, 0.2) is 0 Å². The van der Waals surface area contributed by atoms with Crippen molar-refractivity contribution in [2.24, 2.45) is 0 Å². The van der Waals surface area contributed by atoms with Crippen molar-refractivity contribution in [1.82, 2.24) is 10.3 Å². The third-order valence-electron chi connectivity index (χ3n) is 3.04. The van der Waals surface area contributed by atoms with Gasteiger partial charge in [-0.05, 0) is 18.2 Å². The van der Waals surface area contributed by atoms with Crippen LogP contribution >= 0.6 is 0 Å². The summed E-state index contributed by atoms with van der Waals surface area (Å²) in [5.74, 6) is -0.220. The number of H-pyrrole nitrogens is 1. The molecule has 1 atom stereocenters. The molecule has 4 heteroatoms. The van der Waals surface area contributed by atoms with Gasteiger partial charge in [0.05, 0.1) is 7.11 Å². The summed E-state index contributed by atoms with van der Waals surface area (Å²) in [6.45, 7) is 2.72. The Hall–Kier alpha value is -1.81. The summed E-state index contributed by atoms with van der Waals surface area (Å²) in [6.07, 6.45) is 2.59. The number of hydrogen-bond donors (Lipinski definition) is 2. The number of hydrogen-bond acceptors (Lipinski definition) is 3. The van der Waals surface area contributed by atoms with E-state index in [0.29, 0.717) is 6.42 Å². The lowest BCUT2D eigenvalue weighted by Crippen LogP contribution is -2.39. The van der Waals surface area contributed by atoms with Crippen molar-refractivity contribution in [1.29, 1.82) is 0 Å². The molecule has 2 aromatic rings. The molecule has 0 bridgehead atoms. The van der Waals surface area contributed by atoms with E-state index in [4.69, 9.17) is 4.74 Å². The average molecular weight is 246 g/mol. The van der Waals surface area contributed by atoms with Crippen molar-refractivity contribution in [3.8, 4) is 0 Å². The molecule has 0 amide bonds. The Balaban J connectivity index is 2.23. The maximum Gasteiger partial charge on any atom is 0.323 e. The maximum absolute atomic E-state index is 11.7. The van der Waals surface area contributed by atoms with Gasteiger partial charge >= 0.3 is 5.97 Å². The van der Waals surface area contributed by atoms with Crippen molar-refractivity contribution in [2.75, 3.05) is 13.7 Å². The fraction of sp³-hybridized carbons (Fsp3) is 0.357. The first-order chi connectivity index (χ1) is 8.76. The summed E-state index contributed by atoms with van der Waals surface area (Å²) in [6, 6.07) is 7.78. The van der Waals surface area contributed by atoms with Crippen LogP contribution in [0.25, 0.3) is 10.9 Å². The van der Waals surface area contributed by atoms with E-state index in [-0.39, 0.29) is 12.0 Å². The maximum atomic E-state index is 11.7. The van der Waals surface area contributed by atoms with E-state index < -0.39 is 0 Å². The zero-order chi connectivity index (χ0) is 13.0. The van der Waals surface area contributed by atoms with Crippen LogP contribution in [-0.2, 0) is 16.0 Å². The minimum atomic E-state index is -0.292. The topological polar surface area (TPSA) is 54.1 Å². The number of fused-ring (bicyclic) bond motifs is 1. The van der Waals surface area contributed by atoms with Crippen LogP contribution in [0.2, 0.25) is 0 Å². The summed E-state index contributed by atoms with van der Waals surface area (Å²) < 4.78 is 4.81. The average Bonchev–Trinajstić information content (AvgIpc) is 2.81. The first kappa shape index (κ1) is 12.6. The molecule has 0 saturated carbocycles. The largest absolute Gasteiger partial charge is 0.468 e. The number of para-hydroxylation sites is 1. The second-order valence-electron chi connectivity index (χ2n) is 4.20. The quantitative estimate of drug-likeness (QED) is 0.792. The van der Waals surface area contributed by atoms with Gasteiger partial charge < -0.3 is 15.0 Å². The molecule has 2 N–H and O–H groups in total. The first-order valence-corrected chi connectivity index (χ1v) is 6.12. The molecule has 0 radical (unpaired) electrons. The smallest absolute Gasteiger partial charge is 0.323 e. The molecule has 18 heavy (non-hydrogen) atoms. The summed E-state index contributed by atoms with van der Waals surface area (Å²) in [5.41, 5.74) is 2.22. The number of aromatic nitrogens is 1. The number of rotatable bonds is 5. The summed E-state index contributed by atoms with van der Waals surface area (Å²) in [5, 5.41) is 4.30. The number of methoxy groups -OCH3 is 1. The van der Waals surface area contributed by atoms with Gasteiger partial charge in [-0.25, -0.2) is 0 Å². The van der Waals surface area contributed by atoms with Crippen LogP contribution < -0.4 is 5.32 Å². The Kier molecular flexibility index (Phi) is 3.99. The molecule has 0 aliphatic carbocycles. The van der Waals surface area contributed by atoms with Gasteiger partial charge in [0, 0.05) is 23.5 Å². The van der Waals surface area contributed by atoms with Crippen LogP contribution in [-0.4, -0.2) is 30.6 Å². The van der Waals surface area contributed by atoms with Gasteiger partial charge in [-0.15, -0.1) is 0 Å². The van der Waals surface area contributed by atoms with Crippen molar-refractivity contribution in [2.45, 2.75) is 19.4 Å². The van der Waals surface area contributed by atoms with Crippen molar-refractivity contribution < 1.29 is 9.53 Å².